The fraction of sp³-hybridized carbons (Fsp3) is 0.833. The summed E-state index contributed by atoms with van der Waals surface area (Å²) in [6.07, 6.45) is -3.95. The largest absolute Gasteiger partial charge is 0.481 e. The first-order chi connectivity index (χ1) is 9.08. The van der Waals surface area contributed by atoms with Gasteiger partial charge in [0.1, 0.15) is 0 Å². The van der Waals surface area contributed by atoms with Crippen molar-refractivity contribution < 1.29 is 27.9 Å². The molecule has 1 rings (SSSR count). The Labute approximate surface area is 119 Å². The minimum Gasteiger partial charge on any atom is -0.481 e. The smallest absolute Gasteiger partial charge is 0.397 e. The van der Waals surface area contributed by atoms with Gasteiger partial charge in [-0.25, -0.2) is 0 Å². The van der Waals surface area contributed by atoms with Gasteiger partial charge in [-0.15, -0.1) is 11.8 Å². The van der Waals surface area contributed by atoms with Gasteiger partial charge >= 0.3 is 12.1 Å². The normalized spacial score (nSPS) is 23.4. The Morgan fingerprint density at radius 2 is 2.00 bits per heavy atom. The van der Waals surface area contributed by atoms with Crippen molar-refractivity contribution in [2.75, 3.05) is 24.6 Å². The Bertz CT molecular complexity index is 387. The Morgan fingerprint density at radius 3 is 2.40 bits per heavy atom. The SMILES string of the molecule is CC(C)C1(C(=O)O)CCN(C(=O)CSCC(F)(F)F)C1. The summed E-state index contributed by atoms with van der Waals surface area (Å²) < 4.78 is 36.0. The zero-order chi connectivity index (χ0) is 15.6. The number of hydrogen-bond acceptors (Lipinski definition) is 3. The van der Waals surface area contributed by atoms with Crippen molar-refractivity contribution in [3.63, 3.8) is 0 Å². The van der Waals surface area contributed by atoms with Crippen molar-refractivity contribution in [2.24, 2.45) is 11.3 Å². The molecular formula is C12H18F3NO3S. The van der Waals surface area contributed by atoms with Crippen molar-refractivity contribution in [2.45, 2.75) is 26.4 Å². The molecule has 1 fully saturated rings. The quantitative estimate of drug-likeness (QED) is 0.846. The highest BCUT2D eigenvalue weighted by Crippen LogP contribution is 2.38. The molecule has 1 heterocycles. The lowest BCUT2D eigenvalue weighted by molar-refractivity contribution is -0.151. The highest BCUT2D eigenvalue weighted by Gasteiger charge is 2.48. The molecule has 20 heavy (non-hydrogen) atoms. The molecular weight excluding hydrogens is 295 g/mol. The van der Waals surface area contributed by atoms with E-state index >= 15 is 0 Å². The van der Waals surface area contributed by atoms with Gasteiger partial charge in [-0.2, -0.15) is 13.2 Å². The number of carboxylic acids is 1. The number of amides is 1. The minimum absolute atomic E-state index is 0.0748. The standard InChI is InChI=1S/C12H18F3NO3S/c1-8(2)11(10(18)19)3-4-16(6-11)9(17)5-20-7-12(13,14)15/h8H,3-7H2,1-2H3,(H,18,19). The van der Waals surface area contributed by atoms with Gasteiger partial charge in [0.05, 0.1) is 16.9 Å². The van der Waals surface area contributed by atoms with E-state index in [1.165, 1.54) is 4.90 Å². The first-order valence-electron chi connectivity index (χ1n) is 6.24. The van der Waals surface area contributed by atoms with Crippen molar-refractivity contribution in [3.8, 4) is 0 Å². The Balaban J connectivity index is 2.55. The van der Waals surface area contributed by atoms with E-state index in [-0.39, 0.29) is 24.8 Å². The number of rotatable bonds is 5. The molecule has 1 unspecified atom stereocenters. The summed E-state index contributed by atoms with van der Waals surface area (Å²) in [6.45, 7) is 3.92. The molecule has 1 aliphatic rings. The molecule has 1 amide bonds. The number of hydrogen-bond donors (Lipinski definition) is 1. The molecule has 4 nitrogen and oxygen atoms in total. The van der Waals surface area contributed by atoms with Crippen molar-refractivity contribution in [3.05, 3.63) is 0 Å². The van der Waals surface area contributed by atoms with Gasteiger partial charge in [0.15, 0.2) is 0 Å². The summed E-state index contributed by atoms with van der Waals surface area (Å²) in [5.74, 6) is -2.86. The first kappa shape index (κ1) is 17.1. The molecule has 116 valence electrons. The van der Waals surface area contributed by atoms with Gasteiger partial charge in [-0.05, 0) is 12.3 Å². The van der Waals surface area contributed by atoms with Gasteiger partial charge in [0.25, 0.3) is 0 Å². The number of aliphatic carboxylic acids is 1. The summed E-state index contributed by atoms with van der Waals surface area (Å²) in [5, 5.41) is 9.32. The number of carboxylic acid groups (broad SMARTS) is 1. The zero-order valence-corrected chi connectivity index (χ0v) is 12.2. The van der Waals surface area contributed by atoms with Crippen LogP contribution in [0.1, 0.15) is 20.3 Å². The van der Waals surface area contributed by atoms with E-state index in [4.69, 9.17) is 0 Å². The Morgan fingerprint density at radius 1 is 1.40 bits per heavy atom. The predicted octanol–water partition coefficient (Wildman–Crippen LogP) is 2.24. The maximum atomic E-state index is 12.0. The predicted molar refractivity (Wildman–Crippen MR) is 69.5 cm³/mol. The summed E-state index contributed by atoms with van der Waals surface area (Å²) in [5.41, 5.74) is -0.982. The molecule has 0 aliphatic carbocycles. The van der Waals surface area contributed by atoms with Gasteiger partial charge in [-0.3, -0.25) is 9.59 Å². The second-order valence-electron chi connectivity index (χ2n) is 5.29. The molecule has 1 saturated heterocycles. The number of alkyl halides is 3. The summed E-state index contributed by atoms with van der Waals surface area (Å²) in [4.78, 5) is 24.6. The van der Waals surface area contributed by atoms with Crippen LogP contribution >= 0.6 is 11.8 Å². The third kappa shape index (κ3) is 4.04. The lowest BCUT2D eigenvalue weighted by Gasteiger charge is -2.28. The second kappa shape index (κ2) is 6.24. The number of nitrogens with zero attached hydrogens (tertiary/aromatic N) is 1. The summed E-state index contributed by atoms with van der Waals surface area (Å²) in [6, 6.07) is 0. The molecule has 0 aromatic carbocycles. The topological polar surface area (TPSA) is 57.6 Å². The average molecular weight is 313 g/mol. The molecule has 0 spiro atoms. The highest BCUT2D eigenvalue weighted by molar-refractivity contribution is 8.00. The zero-order valence-electron chi connectivity index (χ0n) is 11.4. The monoisotopic (exact) mass is 313 g/mol. The van der Waals surface area contributed by atoms with Gasteiger partial charge in [0, 0.05) is 13.1 Å². The van der Waals surface area contributed by atoms with E-state index in [0.29, 0.717) is 18.2 Å². The summed E-state index contributed by atoms with van der Waals surface area (Å²) >= 11 is 0.508. The minimum atomic E-state index is -4.29. The number of likely N-dealkylation sites (tertiary alicyclic amines) is 1. The van der Waals surface area contributed by atoms with Crippen LogP contribution in [0.4, 0.5) is 13.2 Å². The number of thioether (sulfide) groups is 1. The molecule has 0 saturated carbocycles. The lowest BCUT2D eigenvalue weighted by Crippen LogP contribution is -2.41. The van der Waals surface area contributed by atoms with Crippen LogP contribution in [0.5, 0.6) is 0 Å². The van der Waals surface area contributed by atoms with Crippen LogP contribution in [0, 0.1) is 11.3 Å². The third-order valence-electron chi connectivity index (χ3n) is 3.68. The molecule has 1 N–H and O–H groups in total. The molecule has 0 radical (unpaired) electrons. The van der Waals surface area contributed by atoms with E-state index in [0.717, 1.165) is 0 Å². The van der Waals surface area contributed by atoms with E-state index < -0.39 is 29.2 Å². The van der Waals surface area contributed by atoms with E-state index in [1.54, 1.807) is 13.8 Å². The van der Waals surface area contributed by atoms with Gasteiger partial charge in [-0.1, -0.05) is 13.8 Å². The molecule has 8 heteroatoms. The lowest BCUT2D eigenvalue weighted by atomic mass is 9.76. The fourth-order valence-corrected chi connectivity index (χ4v) is 2.97. The number of carbonyl (C=O) groups is 2. The summed E-state index contributed by atoms with van der Waals surface area (Å²) in [7, 11) is 0. The van der Waals surface area contributed by atoms with Crippen molar-refractivity contribution >= 4 is 23.6 Å². The van der Waals surface area contributed by atoms with Crippen LogP contribution in [-0.4, -0.2) is 52.7 Å². The van der Waals surface area contributed by atoms with Crippen LogP contribution in [-0.2, 0) is 9.59 Å². The molecule has 1 aliphatic heterocycles. The molecule has 0 aromatic heterocycles. The average Bonchev–Trinajstić information content (AvgIpc) is 2.73. The first-order valence-corrected chi connectivity index (χ1v) is 7.39. The van der Waals surface area contributed by atoms with E-state index in [9.17, 15) is 27.9 Å². The maximum absolute atomic E-state index is 12.0. The van der Waals surface area contributed by atoms with Gasteiger partial charge < -0.3 is 10.0 Å². The van der Waals surface area contributed by atoms with E-state index in [2.05, 4.69) is 0 Å². The number of carbonyl (C=O) groups excluding carboxylic acids is 1. The Kier molecular flexibility index (Phi) is 5.34. The molecule has 0 bridgehead atoms. The van der Waals surface area contributed by atoms with Crippen molar-refractivity contribution in [1.29, 1.82) is 0 Å². The van der Waals surface area contributed by atoms with Crippen LogP contribution in [0.2, 0.25) is 0 Å². The number of halogens is 3. The van der Waals surface area contributed by atoms with Crippen LogP contribution in [0.25, 0.3) is 0 Å². The van der Waals surface area contributed by atoms with E-state index in [1.807, 2.05) is 0 Å². The fourth-order valence-electron chi connectivity index (χ4n) is 2.28. The molecule has 0 aromatic rings. The van der Waals surface area contributed by atoms with Crippen molar-refractivity contribution in [1.82, 2.24) is 4.90 Å². The van der Waals surface area contributed by atoms with Gasteiger partial charge in [0.2, 0.25) is 5.91 Å². The van der Waals surface area contributed by atoms with Crippen LogP contribution in [0.3, 0.4) is 0 Å². The third-order valence-corrected chi connectivity index (χ3v) is 4.66. The van der Waals surface area contributed by atoms with Crippen LogP contribution in [0.15, 0.2) is 0 Å². The van der Waals surface area contributed by atoms with Crippen LogP contribution < -0.4 is 0 Å². The highest BCUT2D eigenvalue weighted by atomic mass is 32.2. The Hall–Kier alpha value is -0.920. The second-order valence-corrected chi connectivity index (χ2v) is 6.27. The molecule has 1 atom stereocenters. The maximum Gasteiger partial charge on any atom is 0.397 e.